The van der Waals surface area contributed by atoms with E-state index in [1.165, 1.54) is 25.7 Å². The molecule has 120 valence electrons. The normalized spacial score (nSPS) is 20.3. The Morgan fingerprint density at radius 3 is 2.38 bits per heavy atom. The standard InChI is InChI=1S/C13H21N5O.2ClH/c14-17-11-9-12(16-10-15-11)18-5-1-13(2-6-18)3-7-19-8-4-13;;/h9-10H,1-8,14H2,(H,15,16,17);2*1H. The fourth-order valence-corrected chi connectivity index (χ4v) is 3.11. The first-order valence-corrected chi connectivity index (χ1v) is 6.93. The van der Waals surface area contributed by atoms with E-state index in [-0.39, 0.29) is 24.8 Å². The molecule has 0 aromatic carbocycles. The maximum Gasteiger partial charge on any atom is 0.145 e. The number of aromatic nitrogens is 2. The lowest BCUT2D eigenvalue weighted by Gasteiger charge is -2.44. The van der Waals surface area contributed by atoms with E-state index >= 15 is 0 Å². The molecule has 1 aromatic rings. The van der Waals surface area contributed by atoms with Crippen molar-refractivity contribution in [2.24, 2.45) is 11.3 Å². The minimum atomic E-state index is 0. The molecule has 3 N–H and O–H groups in total. The summed E-state index contributed by atoms with van der Waals surface area (Å²) in [5.41, 5.74) is 3.08. The van der Waals surface area contributed by atoms with Crippen LogP contribution in [0.25, 0.3) is 0 Å². The average Bonchev–Trinajstić information content (AvgIpc) is 2.49. The Morgan fingerprint density at radius 1 is 1.10 bits per heavy atom. The minimum Gasteiger partial charge on any atom is -0.381 e. The highest BCUT2D eigenvalue weighted by atomic mass is 35.5. The van der Waals surface area contributed by atoms with Gasteiger partial charge in [-0.3, -0.25) is 0 Å². The van der Waals surface area contributed by atoms with Gasteiger partial charge in [-0.1, -0.05) is 0 Å². The van der Waals surface area contributed by atoms with Crippen molar-refractivity contribution in [1.29, 1.82) is 0 Å². The van der Waals surface area contributed by atoms with Crippen molar-refractivity contribution >= 4 is 36.4 Å². The van der Waals surface area contributed by atoms with Crippen molar-refractivity contribution in [3.63, 3.8) is 0 Å². The van der Waals surface area contributed by atoms with Crippen LogP contribution in [0.5, 0.6) is 0 Å². The van der Waals surface area contributed by atoms with Crippen LogP contribution in [0.2, 0.25) is 0 Å². The van der Waals surface area contributed by atoms with Crippen molar-refractivity contribution in [2.45, 2.75) is 25.7 Å². The zero-order valence-electron chi connectivity index (χ0n) is 12.0. The number of piperidine rings is 1. The fraction of sp³-hybridized carbons (Fsp3) is 0.692. The molecule has 0 atom stereocenters. The smallest absolute Gasteiger partial charge is 0.145 e. The molecule has 0 saturated carbocycles. The monoisotopic (exact) mass is 335 g/mol. The molecule has 2 fully saturated rings. The van der Waals surface area contributed by atoms with Crippen LogP contribution in [0.3, 0.4) is 0 Å². The fourth-order valence-electron chi connectivity index (χ4n) is 3.11. The van der Waals surface area contributed by atoms with Gasteiger partial charge in [-0.15, -0.1) is 24.8 Å². The van der Waals surface area contributed by atoms with E-state index in [1.807, 2.05) is 6.07 Å². The summed E-state index contributed by atoms with van der Waals surface area (Å²) in [6.07, 6.45) is 6.43. The van der Waals surface area contributed by atoms with Crippen LogP contribution < -0.4 is 16.2 Å². The molecule has 2 aliphatic heterocycles. The van der Waals surface area contributed by atoms with Gasteiger partial charge in [-0.05, 0) is 31.1 Å². The third-order valence-electron chi connectivity index (χ3n) is 4.50. The number of hydrogen-bond acceptors (Lipinski definition) is 6. The topological polar surface area (TPSA) is 76.3 Å². The Labute approximate surface area is 137 Å². The second-order valence-electron chi connectivity index (χ2n) is 5.51. The lowest BCUT2D eigenvalue weighted by atomic mass is 9.72. The van der Waals surface area contributed by atoms with E-state index in [0.29, 0.717) is 11.2 Å². The van der Waals surface area contributed by atoms with E-state index in [4.69, 9.17) is 10.6 Å². The van der Waals surface area contributed by atoms with Gasteiger partial charge in [0.15, 0.2) is 0 Å². The van der Waals surface area contributed by atoms with Crippen LogP contribution in [0, 0.1) is 5.41 Å². The Kier molecular flexibility index (Phi) is 6.93. The molecule has 3 heterocycles. The van der Waals surface area contributed by atoms with E-state index in [1.54, 1.807) is 6.33 Å². The van der Waals surface area contributed by atoms with Gasteiger partial charge in [-0.2, -0.15) is 0 Å². The van der Waals surface area contributed by atoms with Crippen LogP contribution in [-0.4, -0.2) is 36.3 Å². The summed E-state index contributed by atoms with van der Waals surface area (Å²) in [6, 6.07) is 1.90. The Balaban J connectivity index is 0.00000110. The third-order valence-corrected chi connectivity index (χ3v) is 4.50. The number of ether oxygens (including phenoxy) is 1. The molecule has 0 aliphatic carbocycles. The number of nitrogen functional groups attached to an aromatic ring is 1. The van der Waals surface area contributed by atoms with Crippen LogP contribution in [0.4, 0.5) is 11.6 Å². The Morgan fingerprint density at radius 2 is 1.76 bits per heavy atom. The number of rotatable bonds is 2. The predicted molar refractivity (Wildman–Crippen MR) is 88.3 cm³/mol. The molecule has 21 heavy (non-hydrogen) atoms. The van der Waals surface area contributed by atoms with E-state index < -0.39 is 0 Å². The third kappa shape index (κ3) is 4.10. The summed E-state index contributed by atoms with van der Waals surface area (Å²) in [5.74, 6) is 7.01. The minimum absolute atomic E-state index is 0. The predicted octanol–water partition coefficient (Wildman–Crippen LogP) is 2.00. The van der Waals surface area contributed by atoms with E-state index in [9.17, 15) is 0 Å². The highest BCUT2D eigenvalue weighted by molar-refractivity contribution is 5.85. The summed E-state index contributed by atoms with van der Waals surface area (Å²) in [5, 5.41) is 0. The lowest BCUT2D eigenvalue weighted by molar-refractivity contribution is 0.00206. The SMILES string of the molecule is Cl.Cl.NNc1cc(N2CCC3(CCOCC3)CC2)ncn1. The molecule has 1 spiro atoms. The zero-order chi connectivity index (χ0) is 13.1. The number of nitrogens with two attached hydrogens (primary N) is 1. The molecular weight excluding hydrogens is 313 g/mol. The molecule has 1 aromatic heterocycles. The van der Waals surface area contributed by atoms with Gasteiger partial charge in [0.25, 0.3) is 0 Å². The second kappa shape index (κ2) is 7.98. The van der Waals surface area contributed by atoms with E-state index in [2.05, 4.69) is 20.3 Å². The van der Waals surface area contributed by atoms with Crippen molar-refractivity contribution in [3.8, 4) is 0 Å². The summed E-state index contributed by atoms with van der Waals surface area (Å²) in [4.78, 5) is 10.7. The largest absolute Gasteiger partial charge is 0.381 e. The first-order valence-electron chi connectivity index (χ1n) is 6.93. The maximum atomic E-state index is 5.48. The summed E-state index contributed by atoms with van der Waals surface area (Å²) in [6.45, 7) is 3.96. The summed E-state index contributed by atoms with van der Waals surface area (Å²) < 4.78 is 5.48. The summed E-state index contributed by atoms with van der Waals surface area (Å²) in [7, 11) is 0. The van der Waals surface area contributed by atoms with Crippen LogP contribution >= 0.6 is 24.8 Å². The first kappa shape index (κ1) is 18.2. The number of anilines is 2. The molecular formula is C13H23Cl2N5O. The van der Waals surface area contributed by atoms with Gasteiger partial charge in [0, 0.05) is 32.4 Å². The first-order chi connectivity index (χ1) is 9.31. The van der Waals surface area contributed by atoms with Gasteiger partial charge in [0.05, 0.1) is 0 Å². The number of hydrogen-bond donors (Lipinski definition) is 2. The van der Waals surface area contributed by atoms with Gasteiger partial charge in [0.2, 0.25) is 0 Å². The van der Waals surface area contributed by atoms with Gasteiger partial charge < -0.3 is 15.1 Å². The molecule has 0 radical (unpaired) electrons. The van der Waals surface area contributed by atoms with Gasteiger partial charge in [-0.25, -0.2) is 15.8 Å². The summed E-state index contributed by atoms with van der Waals surface area (Å²) >= 11 is 0. The van der Waals surface area contributed by atoms with Crippen molar-refractivity contribution in [1.82, 2.24) is 9.97 Å². The van der Waals surface area contributed by atoms with Crippen LogP contribution in [0.1, 0.15) is 25.7 Å². The van der Waals surface area contributed by atoms with Crippen molar-refractivity contribution in [3.05, 3.63) is 12.4 Å². The van der Waals surface area contributed by atoms with Crippen LogP contribution in [-0.2, 0) is 4.74 Å². The lowest BCUT2D eigenvalue weighted by Crippen LogP contribution is -2.43. The zero-order valence-corrected chi connectivity index (χ0v) is 13.6. The van der Waals surface area contributed by atoms with Crippen molar-refractivity contribution in [2.75, 3.05) is 36.6 Å². The average molecular weight is 336 g/mol. The number of nitrogens with one attached hydrogen (secondary N) is 1. The van der Waals surface area contributed by atoms with Crippen molar-refractivity contribution < 1.29 is 4.74 Å². The van der Waals surface area contributed by atoms with Gasteiger partial charge in [0.1, 0.15) is 18.0 Å². The van der Waals surface area contributed by atoms with Gasteiger partial charge >= 0.3 is 0 Å². The molecule has 0 bridgehead atoms. The Bertz CT molecular complexity index is 432. The molecule has 0 unspecified atom stereocenters. The number of halogens is 2. The van der Waals surface area contributed by atoms with Crippen LogP contribution in [0.15, 0.2) is 12.4 Å². The molecule has 8 heteroatoms. The molecule has 2 aliphatic rings. The highest BCUT2D eigenvalue weighted by Crippen LogP contribution is 2.41. The molecule has 6 nitrogen and oxygen atoms in total. The Hall–Kier alpha value is -0.820. The molecule has 0 amide bonds. The number of nitrogens with zero attached hydrogens (tertiary/aromatic N) is 3. The maximum absolute atomic E-state index is 5.48. The highest BCUT2D eigenvalue weighted by Gasteiger charge is 2.36. The quantitative estimate of drug-likeness (QED) is 0.636. The number of hydrazine groups is 1. The molecule has 3 rings (SSSR count). The van der Waals surface area contributed by atoms with E-state index in [0.717, 1.165) is 32.1 Å². The second-order valence-corrected chi connectivity index (χ2v) is 5.51. The molecule has 2 saturated heterocycles.